The Labute approximate surface area is 173 Å². The molecule has 1 aromatic carbocycles. The van der Waals surface area contributed by atoms with Crippen LogP contribution in [0.4, 0.5) is 0 Å². The number of aliphatic hydroxyl groups excluding tert-OH is 1. The quantitative estimate of drug-likeness (QED) is 0.839. The number of piperidine rings is 1. The number of fused-ring (bicyclic) bond motifs is 2. The number of hydrogen-bond acceptors (Lipinski definition) is 3. The molecule has 2 aromatic rings. The molecule has 1 saturated heterocycles. The molecule has 1 aromatic heterocycles. The number of benzene rings is 1. The van der Waals surface area contributed by atoms with Crippen LogP contribution in [0.3, 0.4) is 0 Å². The number of nitrogens with zero attached hydrogens (tertiary/aromatic N) is 2. The van der Waals surface area contributed by atoms with Crippen LogP contribution in [0.25, 0.3) is 10.9 Å². The van der Waals surface area contributed by atoms with Crippen molar-refractivity contribution in [3.05, 3.63) is 35.5 Å². The van der Waals surface area contributed by atoms with E-state index in [1.807, 2.05) is 0 Å². The second-order valence-corrected chi connectivity index (χ2v) is 9.76. The summed E-state index contributed by atoms with van der Waals surface area (Å²) in [4.78, 5) is 15.4. The number of aliphatic hydroxyl groups is 1. The predicted octanol–water partition coefficient (Wildman–Crippen LogP) is 3.21. The molecule has 2 aliphatic carbocycles. The summed E-state index contributed by atoms with van der Waals surface area (Å²) in [7, 11) is 2.17. The highest BCUT2D eigenvalue weighted by molar-refractivity contribution is 5.89. The van der Waals surface area contributed by atoms with Crippen molar-refractivity contribution in [3.8, 4) is 0 Å². The van der Waals surface area contributed by atoms with Gasteiger partial charge in [-0.2, -0.15) is 0 Å². The summed E-state index contributed by atoms with van der Waals surface area (Å²) in [6.07, 6.45) is 6.63. The van der Waals surface area contributed by atoms with Gasteiger partial charge in [-0.05, 0) is 70.2 Å². The van der Waals surface area contributed by atoms with Gasteiger partial charge >= 0.3 is 0 Å². The third-order valence-electron chi connectivity index (χ3n) is 7.61. The summed E-state index contributed by atoms with van der Waals surface area (Å²) >= 11 is 0. The molecule has 0 radical (unpaired) electrons. The molecule has 2 N–H and O–H groups in total. The zero-order chi connectivity index (χ0) is 20.3. The van der Waals surface area contributed by atoms with Crippen LogP contribution in [-0.2, 0) is 11.2 Å². The van der Waals surface area contributed by atoms with E-state index in [4.69, 9.17) is 0 Å². The minimum absolute atomic E-state index is 0.0157. The Morgan fingerprint density at radius 2 is 2.10 bits per heavy atom. The summed E-state index contributed by atoms with van der Waals surface area (Å²) in [6, 6.07) is 7.53. The Morgan fingerprint density at radius 3 is 2.83 bits per heavy atom. The summed E-state index contributed by atoms with van der Waals surface area (Å²) in [5, 5.41) is 14.7. The van der Waals surface area contributed by atoms with Gasteiger partial charge in [-0.25, -0.2) is 0 Å². The number of carbonyl (C=O) groups is 1. The Bertz CT molecular complexity index is 934. The third-order valence-corrected chi connectivity index (χ3v) is 7.61. The monoisotopic (exact) mass is 395 g/mol. The van der Waals surface area contributed by atoms with E-state index in [2.05, 4.69) is 60.1 Å². The van der Waals surface area contributed by atoms with Gasteiger partial charge in [0.1, 0.15) is 0 Å². The van der Waals surface area contributed by atoms with Crippen LogP contribution in [0.1, 0.15) is 62.6 Å². The van der Waals surface area contributed by atoms with Crippen LogP contribution < -0.4 is 5.32 Å². The zero-order valence-electron chi connectivity index (χ0n) is 17.8. The Balaban J connectivity index is 1.45. The first-order valence-corrected chi connectivity index (χ1v) is 11.2. The van der Waals surface area contributed by atoms with Gasteiger partial charge in [0.15, 0.2) is 0 Å². The van der Waals surface area contributed by atoms with E-state index in [9.17, 15) is 9.90 Å². The molecule has 5 atom stereocenters. The molecule has 156 valence electrons. The number of hydrogen-bond donors (Lipinski definition) is 2. The highest BCUT2D eigenvalue weighted by atomic mass is 16.3. The molecule has 5 rings (SSSR count). The van der Waals surface area contributed by atoms with E-state index in [1.54, 1.807) is 0 Å². The number of rotatable bonds is 3. The molecular formula is C24H33N3O2. The lowest BCUT2D eigenvalue weighted by Crippen LogP contribution is -2.53. The van der Waals surface area contributed by atoms with Gasteiger partial charge in [0.2, 0.25) is 5.91 Å². The molecule has 1 aliphatic heterocycles. The first-order chi connectivity index (χ1) is 13.9. The predicted molar refractivity (Wildman–Crippen MR) is 115 cm³/mol. The Morgan fingerprint density at radius 1 is 1.28 bits per heavy atom. The van der Waals surface area contributed by atoms with Crippen LogP contribution in [0.5, 0.6) is 0 Å². The van der Waals surface area contributed by atoms with Crippen LogP contribution in [0, 0.1) is 5.92 Å². The highest BCUT2D eigenvalue weighted by Crippen LogP contribution is 2.45. The van der Waals surface area contributed by atoms with Crippen LogP contribution in [-0.4, -0.2) is 52.3 Å². The van der Waals surface area contributed by atoms with Crippen molar-refractivity contribution in [1.29, 1.82) is 0 Å². The second-order valence-electron chi connectivity index (χ2n) is 9.76. The summed E-state index contributed by atoms with van der Waals surface area (Å²) in [6.45, 7) is 5.28. The number of nitrogens with one attached hydrogen (secondary N) is 1. The maximum Gasteiger partial charge on any atom is 0.224 e. The Kier molecular flexibility index (Phi) is 4.71. The van der Waals surface area contributed by atoms with Gasteiger partial charge < -0.3 is 19.9 Å². The number of likely N-dealkylation sites (N-methyl/N-ethyl adjacent to an activating group) is 1. The number of amides is 1. The lowest BCUT2D eigenvalue weighted by Gasteiger charge is -2.45. The molecule has 2 heterocycles. The fourth-order valence-electron chi connectivity index (χ4n) is 6.10. The average Bonchev–Trinajstić information content (AvgIpc) is 3.27. The fraction of sp³-hybridized carbons (Fsp3) is 0.625. The van der Waals surface area contributed by atoms with Crippen molar-refractivity contribution in [2.75, 3.05) is 13.6 Å². The lowest BCUT2D eigenvalue weighted by molar-refractivity contribution is -0.128. The topological polar surface area (TPSA) is 57.5 Å². The van der Waals surface area contributed by atoms with Crippen molar-refractivity contribution in [3.63, 3.8) is 0 Å². The maximum atomic E-state index is 13.0. The van der Waals surface area contributed by atoms with E-state index < -0.39 is 0 Å². The van der Waals surface area contributed by atoms with Crippen molar-refractivity contribution in [2.24, 2.45) is 5.92 Å². The maximum absolute atomic E-state index is 13.0. The summed E-state index contributed by atoms with van der Waals surface area (Å²) in [5.41, 5.74) is 4.20. The lowest BCUT2D eigenvalue weighted by atomic mass is 9.72. The fourth-order valence-corrected chi connectivity index (χ4v) is 6.10. The van der Waals surface area contributed by atoms with Crippen LogP contribution in [0.15, 0.2) is 24.4 Å². The smallest absolute Gasteiger partial charge is 0.224 e. The van der Waals surface area contributed by atoms with E-state index in [0.29, 0.717) is 18.0 Å². The number of aromatic nitrogens is 1. The minimum atomic E-state index is -0.380. The van der Waals surface area contributed by atoms with Crippen molar-refractivity contribution in [1.82, 2.24) is 14.8 Å². The zero-order valence-corrected chi connectivity index (χ0v) is 17.8. The van der Waals surface area contributed by atoms with Gasteiger partial charge in [0.05, 0.1) is 18.1 Å². The van der Waals surface area contributed by atoms with Gasteiger partial charge in [-0.15, -0.1) is 0 Å². The molecule has 1 saturated carbocycles. The van der Waals surface area contributed by atoms with E-state index >= 15 is 0 Å². The van der Waals surface area contributed by atoms with Crippen molar-refractivity contribution < 1.29 is 9.90 Å². The molecular weight excluding hydrogens is 362 g/mol. The molecule has 2 fully saturated rings. The van der Waals surface area contributed by atoms with Crippen LogP contribution >= 0.6 is 0 Å². The first kappa shape index (κ1) is 19.1. The molecule has 3 aliphatic rings. The largest absolute Gasteiger partial charge is 0.391 e. The van der Waals surface area contributed by atoms with Crippen molar-refractivity contribution in [2.45, 2.75) is 76.1 Å². The van der Waals surface area contributed by atoms with E-state index in [-0.39, 0.29) is 24.0 Å². The summed E-state index contributed by atoms with van der Waals surface area (Å²) in [5.74, 6) is 0.495. The third kappa shape index (κ3) is 3.10. The van der Waals surface area contributed by atoms with Crippen LogP contribution in [0.2, 0.25) is 0 Å². The molecule has 5 nitrogen and oxygen atoms in total. The average molecular weight is 396 g/mol. The van der Waals surface area contributed by atoms with Gasteiger partial charge in [-0.3, -0.25) is 4.79 Å². The molecule has 1 amide bonds. The molecule has 0 spiro atoms. The minimum Gasteiger partial charge on any atom is -0.391 e. The normalized spacial score (nSPS) is 32.0. The standard InChI is InChI=1S/C24H33N3O2/c1-14(2)27-13-15-11-21-18(17-6-4-8-20(27)23(15)17)10-16(12-26(21)3)24(29)25-19-7-5-9-22(19)28/h4,6,8,13-14,16,18-19,21-22,28H,5,7,9-12H2,1-3H3,(H,25,29)/t16-,18+,19?,21-,22?/m0/s1. The SMILES string of the molecule is CC(C)n1cc2c3c(cccc31)[C@H]1C[C@H](C(=O)NC3CCCC3O)CN(C)[C@H]1C2. The highest BCUT2D eigenvalue weighted by Gasteiger charge is 2.42. The van der Waals surface area contributed by atoms with Gasteiger partial charge in [0, 0.05) is 41.6 Å². The molecule has 5 heteroatoms. The first-order valence-electron chi connectivity index (χ1n) is 11.2. The second kappa shape index (κ2) is 7.13. The molecule has 0 bridgehead atoms. The van der Waals surface area contributed by atoms with E-state index in [0.717, 1.165) is 38.6 Å². The number of carbonyl (C=O) groups excluding carboxylic acids is 1. The molecule has 29 heavy (non-hydrogen) atoms. The van der Waals surface area contributed by atoms with Gasteiger partial charge in [-0.1, -0.05) is 12.1 Å². The molecule has 2 unspecified atom stereocenters. The number of likely N-dealkylation sites (tertiary alicyclic amines) is 1. The van der Waals surface area contributed by atoms with E-state index in [1.165, 1.54) is 22.0 Å². The Hall–Kier alpha value is -1.85. The van der Waals surface area contributed by atoms with Gasteiger partial charge in [0.25, 0.3) is 0 Å². The summed E-state index contributed by atoms with van der Waals surface area (Å²) < 4.78 is 2.40. The van der Waals surface area contributed by atoms with Crippen molar-refractivity contribution >= 4 is 16.8 Å².